The summed E-state index contributed by atoms with van der Waals surface area (Å²) >= 11 is 6.14. The summed E-state index contributed by atoms with van der Waals surface area (Å²) in [7, 11) is 0. The van der Waals surface area contributed by atoms with Gasteiger partial charge in [-0.2, -0.15) is 0 Å². The van der Waals surface area contributed by atoms with Crippen molar-refractivity contribution in [3.05, 3.63) is 58.1 Å². The number of anilines is 2. The minimum absolute atomic E-state index is 0.0451. The van der Waals surface area contributed by atoms with E-state index in [2.05, 4.69) is 5.32 Å². The number of carbonyl (C=O) groups excluding carboxylic acids is 3. The minimum Gasteiger partial charge on any atom is -0.455 e. The lowest BCUT2D eigenvalue weighted by molar-refractivity contribution is -0.151. The number of amides is 2. The molecule has 3 rings (SSSR count). The Kier molecular flexibility index (Phi) is 6.23. The van der Waals surface area contributed by atoms with Crippen LogP contribution in [0.2, 0.25) is 5.02 Å². The van der Waals surface area contributed by atoms with Crippen LogP contribution in [0.15, 0.2) is 36.4 Å². The molecule has 0 saturated carbocycles. The van der Waals surface area contributed by atoms with Gasteiger partial charge in [0.1, 0.15) is 0 Å². The molecule has 1 saturated heterocycles. The maximum absolute atomic E-state index is 12.4. The van der Waals surface area contributed by atoms with Gasteiger partial charge in [0, 0.05) is 29.4 Å². The lowest BCUT2D eigenvalue weighted by Crippen LogP contribution is -2.28. The largest absolute Gasteiger partial charge is 0.455 e. The van der Waals surface area contributed by atoms with Gasteiger partial charge in [-0.25, -0.2) is 0 Å². The van der Waals surface area contributed by atoms with Gasteiger partial charge >= 0.3 is 5.97 Å². The van der Waals surface area contributed by atoms with Crippen molar-refractivity contribution in [1.82, 2.24) is 0 Å². The molecule has 0 unspecified atom stereocenters. The van der Waals surface area contributed by atoms with Crippen LogP contribution in [0.25, 0.3) is 0 Å². The van der Waals surface area contributed by atoms with Crippen molar-refractivity contribution in [1.29, 1.82) is 0 Å². The predicted molar refractivity (Wildman–Crippen MR) is 112 cm³/mol. The third-order valence-electron chi connectivity index (χ3n) is 4.99. The molecule has 1 heterocycles. The van der Waals surface area contributed by atoms with Crippen LogP contribution in [0.5, 0.6) is 0 Å². The smallest absolute Gasteiger partial charge is 0.311 e. The van der Waals surface area contributed by atoms with Gasteiger partial charge in [0.2, 0.25) is 5.91 Å². The lowest BCUT2D eigenvalue weighted by atomic mass is 10.1. The van der Waals surface area contributed by atoms with E-state index < -0.39 is 24.4 Å². The summed E-state index contributed by atoms with van der Waals surface area (Å²) in [5.74, 6) is -1.76. The third kappa shape index (κ3) is 4.77. The Morgan fingerprint density at radius 3 is 2.69 bits per heavy atom. The zero-order valence-corrected chi connectivity index (χ0v) is 17.4. The average Bonchev–Trinajstić information content (AvgIpc) is 3.06. The molecule has 1 N–H and O–H groups in total. The van der Waals surface area contributed by atoms with E-state index in [1.54, 1.807) is 23.1 Å². The topological polar surface area (TPSA) is 75.7 Å². The predicted octanol–water partition coefficient (Wildman–Crippen LogP) is 3.80. The normalized spacial score (nSPS) is 16.1. The van der Waals surface area contributed by atoms with Crippen LogP contribution in [0.1, 0.15) is 23.1 Å². The van der Waals surface area contributed by atoms with Crippen molar-refractivity contribution in [2.24, 2.45) is 5.92 Å². The number of carbonyl (C=O) groups is 3. The SMILES string of the molecule is Cc1ccc(NC(=O)COC(=O)[C@H]2CC(=O)N(c3cccc(Cl)c3C)C2)c(C)c1. The number of esters is 1. The first-order chi connectivity index (χ1) is 13.8. The summed E-state index contributed by atoms with van der Waals surface area (Å²) in [6, 6.07) is 11.0. The Morgan fingerprint density at radius 2 is 1.97 bits per heavy atom. The van der Waals surface area contributed by atoms with Crippen molar-refractivity contribution in [2.45, 2.75) is 27.2 Å². The van der Waals surface area contributed by atoms with Gasteiger partial charge in [-0.3, -0.25) is 14.4 Å². The summed E-state index contributed by atoms with van der Waals surface area (Å²) in [4.78, 5) is 38.4. The van der Waals surface area contributed by atoms with Gasteiger partial charge in [0.15, 0.2) is 6.61 Å². The first-order valence-corrected chi connectivity index (χ1v) is 9.73. The van der Waals surface area contributed by atoms with E-state index in [4.69, 9.17) is 16.3 Å². The van der Waals surface area contributed by atoms with Crippen molar-refractivity contribution in [3.8, 4) is 0 Å². The van der Waals surface area contributed by atoms with Crippen LogP contribution in [0.3, 0.4) is 0 Å². The molecule has 0 bridgehead atoms. The Bertz CT molecular complexity index is 973. The first-order valence-electron chi connectivity index (χ1n) is 9.35. The van der Waals surface area contributed by atoms with Crippen LogP contribution in [-0.4, -0.2) is 30.9 Å². The van der Waals surface area contributed by atoms with Gasteiger partial charge in [-0.05, 0) is 50.1 Å². The van der Waals surface area contributed by atoms with Crippen molar-refractivity contribution < 1.29 is 19.1 Å². The Morgan fingerprint density at radius 1 is 1.21 bits per heavy atom. The third-order valence-corrected chi connectivity index (χ3v) is 5.40. The number of nitrogens with one attached hydrogen (secondary N) is 1. The molecule has 2 aromatic carbocycles. The molecule has 152 valence electrons. The van der Waals surface area contributed by atoms with Gasteiger partial charge < -0.3 is 15.0 Å². The fraction of sp³-hybridized carbons (Fsp3) is 0.318. The number of ether oxygens (including phenoxy) is 1. The van der Waals surface area contributed by atoms with Crippen LogP contribution in [-0.2, 0) is 19.1 Å². The molecule has 1 fully saturated rings. The first kappa shape index (κ1) is 20.9. The number of hydrogen-bond donors (Lipinski definition) is 1. The lowest BCUT2D eigenvalue weighted by Gasteiger charge is -2.19. The maximum atomic E-state index is 12.4. The molecule has 0 aromatic heterocycles. The molecule has 2 aromatic rings. The van der Waals surface area contributed by atoms with Crippen LogP contribution in [0.4, 0.5) is 11.4 Å². The quantitative estimate of drug-likeness (QED) is 0.755. The molecule has 6 nitrogen and oxygen atoms in total. The monoisotopic (exact) mass is 414 g/mol. The molecule has 0 radical (unpaired) electrons. The number of aryl methyl sites for hydroxylation is 2. The van der Waals surface area contributed by atoms with Gasteiger partial charge in [-0.15, -0.1) is 0 Å². The fourth-order valence-corrected chi connectivity index (χ4v) is 3.55. The van der Waals surface area contributed by atoms with Crippen LogP contribution in [0, 0.1) is 26.7 Å². The molecule has 0 aliphatic carbocycles. The highest BCUT2D eigenvalue weighted by Gasteiger charge is 2.37. The number of nitrogens with zero attached hydrogens (tertiary/aromatic N) is 1. The summed E-state index contributed by atoms with van der Waals surface area (Å²) in [6.45, 7) is 5.50. The number of hydrogen-bond acceptors (Lipinski definition) is 4. The van der Waals surface area contributed by atoms with Crippen LogP contribution >= 0.6 is 11.6 Å². The molecule has 1 aliphatic heterocycles. The van der Waals surface area contributed by atoms with Crippen molar-refractivity contribution in [3.63, 3.8) is 0 Å². The minimum atomic E-state index is -0.616. The summed E-state index contributed by atoms with van der Waals surface area (Å²) in [5, 5.41) is 3.29. The second-order valence-electron chi connectivity index (χ2n) is 7.26. The molecule has 2 amide bonds. The van der Waals surface area contributed by atoms with E-state index in [1.165, 1.54) is 0 Å². The van der Waals surface area contributed by atoms with E-state index in [0.29, 0.717) is 16.4 Å². The van der Waals surface area contributed by atoms with E-state index in [9.17, 15) is 14.4 Å². The average molecular weight is 415 g/mol. The summed E-state index contributed by atoms with van der Waals surface area (Å²) in [5.41, 5.74) is 4.17. The van der Waals surface area contributed by atoms with Gasteiger partial charge in [0.05, 0.1) is 5.92 Å². The van der Waals surface area contributed by atoms with E-state index in [0.717, 1.165) is 16.7 Å². The number of rotatable bonds is 5. The van der Waals surface area contributed by atoms with Crippen LogP contribution < -0.4 is 10.2 Å². The molecular weight excluding hydrogens is 392 g/mol. The highest BCUT2D eigenvalue weighted by Crippen LogP contribution is 2.31. The zero-order chi connectivity index (χ0) is 21.1. The summed E-state index contributed by atoms with van der Waals surface area (Å²) < 4.78 is 5.15. The molecule has 29 heavy (non-hydrogen) atoms. The Balaban J connectivity index is 1.56. The van der Waals surface area contributed by atoms with Gasteiger partial charge in [0.25, 0.3) is 5.91 Å². The highest BCUT2D eigenvalue weighted by molar-refractivity contribution is 6.31. The van der Waals surface area contributed by atoms with Crippen molar-refractivity contribution >= 4 is 40.8 Å². The maximum Gasteiger partial charge on any atom is 0.311 e. The molecular formula is C22H23ClN2O4. The van der Waals surface area contributed by atoms with Crippen molar-refractivity contribution in [2.75, 3.05) is 23.4 Å². The molecule has 0 spiro atoms. The Hall–Kier alpha value is -2.86. The summed E-state index contributed by atoms with van der Waals surface area (Å²) in [6.07, 6.45) is 0.0451. The second kappa shape index (κ2) is 8.66. The highest BCUT2D eigenvalue weighted by atomic mass is 35.5. The Labute approximate surface area is 174 Å². The van der Waals surface area contributed by atoms with E-state index >= 15 is 0 Å². The molecule has 1 atom stereocenters. The van der Waals surface area contributed by atoms with E-state index in [-0.39, 0.29) is 18.9 Å². The fourth-order valence-electron chi connectivity index (χ4n) is 3.38. The molecule has 7 heteroatoms. The zero-order valence-electron chi connectivity index (χ0n) is 16.6. The number of halogens is 1. The van der Waals surface area contributed by atoms with E-state index in [1.807, 2.05) is 39.0 Å². The molecule has 1 aliphatic rings. The standard InChI is InChI=1S/C22H23ClN2O4/c1-13-7-8-18(14(2)9-13)24-20(26)12-29-22(28)16-10-21(27)25(11-16)19-6-4-5-17(23)15(19)3/h4-9,16H,10-12H2,1-3H3,(H,24,26)/t16-/m0/s1. The number of benzene rings is 2. The second-order valence-corrected chi connectivity index (χ2v) is 7.67. The van der Waals surface area contributed by atoms with Gasteiger partial charge in [-0.1, -0.05) is 35.4 Å².